The third kappa shape index (κ3) is 22.4. The van der Waals surface area contributed by atoms with E-state index in [1.807, 2.05) is 0 Å². The van der Waals surface area contributed by atoms with Crippen molar-refractivity contribution in [2.24, 2.45) is 0 Å². The minimum atomic E-state index is 0. The first-order valence-electron chi connectivity index (χ1n) is 11.6. The zero-order valence-electron chi connectivity index (χ0n) is 18.4. The van der Waals surface area contributed by atoms with E-state index in [1.165, 1.54) is 120 Å². The number of quaternary nitrogens is 1. The number of hydrogen-bond acceptors (Lipinski definition) is 1. The monoisotopic (exact) mass is 435 g/mol. The van der Waals surface area contributed by atoms with Gasteiger partial charge in [-0.15, -0.1) is 0 Å². The Morgan fingerprint density at radius 1 is 0.500 bits per heavy atom. The molecule has 0 aliphatic rings. The van der Waals surface area contributed by atoms with E-state index in [9.17, 15) is 0 Å². The highest BCUT2D eigenvalue weighted by Crippen LogP contribution is 2.13. The third-order valence-electron chi connectivity index (χ3n) is 5.54. The molecule has 3 heteroatoms. The van der Waals surface area contributed by atoms with Gasteiger partial charge in [-0.25, -0.2) is 0 Å². The van der Waals surface area contributed by atoms with Gasteiger partial charge in [-0.3, -0.25) is 0 Å². The predicted octanol–water partition coefficient (Wildman–Crippen LogP) is 3.71. The van der Waals surface area contributed by atoms with Crippen molar-refractivity contribution in [2.75, 3.05) is 33.8 Å². The van der Waals surface area contributed by atoms with Gasteiger partial charge in [-0.05, 0) is 32.1 Å². The van der Waals surface area contributed by atoms with Crippen molar-refractivity contribution in [3.05, 3.63) is 0 Å². The van der Waals surface area contributed by atoms with Crippen molar-refractivity contribution in [3.63, 3.8) is 0 Å². The lowest BCUT2D eigenvalue weighted by molar-refractivity contribution is -0.890. The second-order valence-corrected chi connectivity index (χ2v) is 8.76. The molecule has 0 bridgehead atoms. The lowest BCUT2D eigenvalue weighted by Crippen LogP contribution is -3.00. The summed E-state index contributed by atoms with van der Waals surface area (Å²) < 4.78 is 1.22. The van der Waals surface area contributed by atoms with Gasteiger partial charge in [0, 0.05) is 6.61 Å². The normalized spacial score (nSPS) is 11.5. The Morgan fingerprint density at radius 3 is 1.15 bits per heavy atom. The van der Waals surface area contributed by atoms with Crippen LogP contribution in [0.25, 0.3) is 0 Å². The van der Waals surface area contributed by atoms with Crippen molar-refractivity contribution < 1.29 is 26.6 Å². The van der Waals surface area contributed by atoms with Gasteiger partial charge in [0.05, 0.1) is 27.2 Å². The molecule has 0 aromatic rings. The summed E-state index contributed by atoms with van der Waals surface area (Å²) in [5.74, 6) is 0. The zero-order chi connectivity index (χ0) is 18.6. The van der Waals surface area contributed by atoms with E-state index in [2.05, 4.69) is 21.0 Å². The van der Waals surface area contributed by atoms with Crippen LogP contribution in [0.15, 0.2) is 0 Å². The van der Waals surface area contributed by atoms with Crippen LogP contribution in [0.1, 0.15) is 116 Å². The molecule has 0 saturated heterocycles. The van der Waals surface area contributed by atoms with E-state index in [4.69, 9.17) is 5.11 Å². The maximum absolute atomic E-state index is 8.75. The van der Waals surface area contributed by atoms with E-state index in [0.717, 1.165) is 6.42 Å². The predicted molar refractivity (Wildman–Crippen MR) is 113 cm³/mol. The molecule has 1 N–H and O–H groups in total. The first-order chi connectivity index (χ1) is 12.1. The average molecular weight is 437 g/mol. The number of unbranched alkanes of at least 4 members (excludes halogenated alkanes) is 15. The molecule has 0 amide bonds. The van der Waals surface area contributed by atoms with E-state index < -0.39 is 0 Å². The van der Waals surface area contributed by atoms with Gasteiger partial charge in [-0.1, -0.05) is 84.0 Å². The summed E-state index contributed by atoms with van der Waals surface area (Å²) in [4.78, 5) is 0. The van der Waals surface area contributed by atoms with Gasteiger partial charge in [0.25, 0.3) is 0 Å². The van der Waals surface area contributed by atoms with Crippen LogP contribution >= 0.6 is 0 Å². The van der Waals surface area contributed by atoms with Crippen LogP contribution in [-0.2, 0) is 0 Å². The number of aliphatic hydroxyl groups is 1. The van der Waals surface area contributed by atoms with Crippen molar-refractivity contribution in [1.82, 2.24) is 0 Å². The Kier molecular flexibility index (Phi) is 23.9. The topological polar surface area (TPSA) is 20.2 Å². The Bertz CT molecular complexity index is 259. The number of rotatable bonds is 20. The molecular formula is C23H50BrNO. The van der Waals surface area contributed by atoms with E-state index in [0.29, 0.717) is 6.61 Å². The van der Waals surface area contributed by atoms with Gasteiger partial charge >= 0.3 is 0 Å². The first kappa shape index (κ1) is 28.6. The van der Waals surface area contributed by atoms with Crippen molar-refractivity contribution in [3.8, 4) is 0 Å². The van der Waals surface area contributed by atoms with Crippen LogP contribution in [0.5, 0.6) is 0 Å². The molecule has 0 radical (unpaired) electrons. The molecule has 0 atom stereocenters. The summed E-state index contributed by atoms with van der Waals surface area (Å²) in [5.41, 5.74) is 0. The van der Waals surface area contributed by atoms with Gasteiger partial charge in [0.15, 0.2) is 0 Å². The number of nitrogens with zero attached hydrogens (tertiary/aromatic N) is 1. The highest BCUT2D eigenvalue weighted by atomic mass is 79.9. The van der Waals surface area contributed by atoms with Crippen LogP contribution in [0.2, 0.25) is 0 Å². The van der Waals surface area contributed by atoms with Gasteiger partial charge in [0.1, 0.15) is 0 Å². The van der Waals surface area contributed by atoms with Gasteiger partial charge in [-0.2, -0.15) is 0 Å². The highest BCUT2D eigenvalue weighted by Gasteiger charge is 2.13. The molecule has 0 spiro atoms. The van der Waals surface area contributed by atoms with Gasteiger partial charge in [0.2, 0.25) is 0 Å². The summed E-state index contributed by atoms with van der Waals surface area (Å²) in [5, 5.41) is 8.75. The summed E-state index contributed by atoms with van der Waals surface area (Å²) in [6.45, 7) is 5.38. The van der Waals surface area contributed by atoms with E-state index in [1.54, 1.807) is 0 Å². The molecular weight excluding hydrogens is 386 g/mol. The second-order valence-electron chi connectivity index (χ2n) is 8.76. The number of aliphatic hydroxyl groups excluding tert-OH is 1. The Hall–Kier alpha value is 0.400. The summed E-state index contributed by atoms with van der Waals surface area (Å²) >= 11 is 0. The molecule has 0 aliphatic carbocycles. The van der Waals surface area contributed by atoms with E-state index in [-0.39, 0.29) is 17.0 Å². The maximum Gasteiger partial charge on any atom is 0.0782 e. The Labute approximate surface area is 176 Å². The van der Waals surface area contributed by atoms with Crippen LogP contribution in [0.3, 0.4) is 0 Å². The average Bonchev–Trinajstić information content (AvgIpc) is 2.59. The molecule has 26 heavy (non-hydrogen) atoms. The summed E-state index contributed by atoms with van der Waals surface area (Å²) in [6, 6.07) is 0. The minimum absolute atomic E-state index is 0. The highest BCUT2D eigenvalue weighted by molar-refractivity contribution is 4.49. The van der Waals surface area contributed by atoms with Crippen LogP contribution in [0.4, 0.5) is 0 Å². The first-order valence-corrected chi connectivity index (χ1v) is 11.6. The van der Waals surface area contributed by atoms with Crippen molar-refractivity contribution >= 4 is 0 Å². The molecule has 0 fully saturated rings. The number of hydrogen-bond donors (Lipinski definition) is 1. The smallest absolute Gasteiger partial charge is 0.0782 e. The van der Waals surface area contributed by atoms with Crippen LogP contribution < -0.4 is 17.0 Å². The molecule has 0 aliphatic heterocycles. The van der Waals surface area contributed by atoms with Crippen molar-refractivity contribution in [1.29, 1.82) is 0 Å². The molecule has 0 saturated carbocycles. The number of halogens is 1. The van der Waals surface area contributed by atoms with E-state index >= 15 is 0 Å². The lowest BCUT2D eigenvalue weighted by Gasteiger charge is -2.30. The van der Waals surface area contributed by atoms with Crippen LogP contribution in [0, 0.1) is 0 Å². The van der Waals surface area contributed by atoms with Crippen LogP contribution in [-0.4, -0.2) is 43.4 Å². The second kappa shape index (κ2) is 21.7. The largest absolute Gasteiger partial charge is 1.00 e. The Morgan fingerprint density at radius 2 is 0.808 bits per heavy atom. The summed E-state index contributed by atoms with van der Waals surface area (Å²) in [7, 11) is 4.84. The molecule has 0 heterocycles. The fourth-order valence-corrected chi connectivity index (χ4v) is 3.67. The zero-order valence-corrected chi connectivity index (χ0v) is 20.0. The minimum Gasteiger partial charge on any atom is -1.00 e. The Balaban J connectivity index is 0. The molecule has 0 aromatic heterocycles. The molecule has 2 nitrogen and oxygen atoms in total. The van der Waals surface area contributed by atoms with Gasteiger partial charge < -0.3 is 26.6 Å². The molecule has 0 aromatic carbocycles. The maximum atomic E-state index is 8.75. The molecule has 160 valence electrons. The lowest BCUT2D eigenvalue weighted by atomic mass is 10.1. The van der Waals surface area contributed by atoms with Crippen molar-refractivity contribution in [2.45, 2.75) is 116 Å². The summed E-state index contributed by atoms with van der Waals surface area (Å²) in [6.07, 6.45) is 23.3. The SMILES string of the molecule is CCCCCCCCCC[N+](C)(C)CCCCCCCCCCCO.[Br-]. The fourth-order valence-electron chi connectivity index (χ4n) is 3.67. The molecule has 0 rings (SSSR count). The quantitative estimate of drug-likeness (QED) is 0.228. The third-order valence-corrected chi connectivity index (χ3v) is 5.54. The standard InChI is InChI=1S/C23H50NO.BrH/c1-4-5-6-7-8-12-15-18-21-24(2,3)22-19-16-13-10-9-11-14-17-20-23-25;/h25H,4-23H2,1-3H3;1H/q+1;/p-1. The molecule has 0 unspecified atom stereocenters. The fraction of sp³-hybridized carbons (Fsp3) is 1.00.